The quantitative estimate of drug-likeness (QED) is 0.924. The first-order valence-corrected chi connectivity index (χ1v) is 7.15. The fourth-order valence-electron chi connectivity index (χ4n) is 2.25. The van der Waals surface area contributed by atoms with Crippen LogP contribution in [-0.4, -0.2) is 52.6 Å². The number of ether oxygens (including phenoxy) is 1. The van der Waals surface area contributed by atoms with Crippen LogP contribution in [0.4, 0.5) is 0 Å². The second kappa shape index (κ2) is 6.53. The molecule has 6 nitrogen and oxygen atoms in total. The molecule has 0 aliphatic carbocycles. The predicted octanol–water partition coefficient (Wildman–Crippen LogP) is 1.58. The van der Waals surface area contributed by atoms with E-state index in [1.807, 2.05) is 12.1 Å². The normalized spacial score (nSPS) is 19.8. The van der Waals surface area contributed by atoms with E-state index in [4.69, 9.17) is 25.9 Å². The van der Waals surface area contributed by atoms with Gasteiger partial charge in [0.1, 0.15) is 0 Å². The van der Waals surface area contributed by atoms with Crippen molar-refractivity contribution >= 4 is 11.6 Å². The van der Waals surface area contributed by atoms with Crippen LogP contribution in [0.15, 0.2) is 28.7 Å². The third kappa shape index (κ3) is 3.59. The molecule has 1 N–H and O–H groups in total. The van der Waals surface area contributed by atoms with Crippen LogP contribution in [0.3, 0.4) is 0 Å². The smallest absolute Gasteiger partial charge is 0.247 e. The van der Waals surface area contributed by atoms with Gasteiger partial charge in [0.05, 0.1) is 25.9 Å². The maximum Gasteiger partial charge on any atom is 0.247 e. The van der Waals surface area contributed by atoms with Crippen LogP contribution in [-0.2, 0) is 11.3 Å². The molecule has 2 heterocycles. The molecule has 0 bridgehead atoms. The zero-order chi connectivity index (χ0) is 14.7. The summed E-state index contributed by atoms with van der Waals surface area (Å²) in [5, 5.41) is 17.9. The molecule has 112 valence electrons. The highest BCUT2D eigenvalue weighted by atomic mass is 35.5. The van der Waals surface area contributed by atoms with E-state index in [0.717, 1.165) is 12.1 Å². The van der Waals surface area contributed by atoms with E-state index in [9.17, 15) is 0 Å². The Morgan fingerprint density at radius 1 is 1.29 bits per heavy atom. The van der Waals surface area contributed by atoms with Crippen LogP contribution >= 0.6 is 11.6 Å². The van der Waals surface area contributed by atoms with Crippen molar-refractivity contribution in [2.24, 2.45) is 0 Å². The molecule has 1 atom stereocenters. The van der Waals surface area contributed by atoms with Gasteiger partial charge in [0.2, 0.25) is 11.8 Å². The van der Waals surface area contributed by atoms with Crippen molar-refractivity contribution in [3.05, 3.63) is 35.2 Å². The number of aliphatic hydroxyl groups is 1. The summed E-state index contributed by atoms with van der Waals surface area (Å²) in [5.41, 5.74) is 0.841. The standard InChI is InChI=1S/C14H16ClN3O3/c15-11-3-1-10(2-4-11)14-17-16-13(21-14)8-18-5-6-20-12(7-18)9-19/h1-4,12,19H,5-9H2. The molecule has 1 fully saturated rings. The summed E-state index contributed by atoms with van der Waals surface area (Å²) < 4.78 is 11.1. The molecular weight excluding hydrogens is 294 g/mol. The summed E-state index contributed by atoms with van der Waals surface area (Å²) in [6.07, 6.45) is -0.141. The summed E-state index contributed by atoms with van der Waals surface area (Å²) in [5.74, 6) is 1.03. The minimum atomic E-state index is -0.141. The fourth-order valence-corrected chi connectivity index (χ4v) is 2.38. The van der Waals surface area contributed by atoms with Gasteiger partial charge >= 0.3 is 0 Å². The molecule has 1 aromatic carbocycles. The van der Waals surface area contributed by atoms with Gasteiger partial charge in [-0.15, -0.1) is 10.2 Å². The van der Waals surface area contributed by atoms with Gasteiger partial charge in [-0.1, -0.05) is 11.6 Å². The minimum absolute atomic E-state index is 0.0242. The molecule has 7 heteroatoms. The molecule has 0 spiro atoms. The van der Waals surface area contributed by atoms with Crippen LogP contribution in [0.5, 0.6) is 0 Å². The van der Waals surface area contributed by atoms with E-state index in [-0.39, 0.29) is 12.7 Å². The van der Waals surface area contributed by atoms with E-state index >= 15 is 0 Å². The number of halogens is 1. The molecule has 1 aliphatic rings. The highest BCUT2D eigenvalue weighted by Gasteiger charge is 2.21. The topological polar surface area (TPSA) is 71.6 Å². The molecule has 1 unspecified atom stereocenters. The lowest BCUT2D eigenvalue weighted by atomic mass is 10.2. The zero-order valence-electron chi connectivity index (χ0n) is 11.4. The zero-order valence-corrected chi connectivity index (χ0v) is 12.2. The van der Waals surface area contributed by atoms with Gasteiger partial charge in [0, 0.05) is 23.7 Å². The van der Waals surface area contributed by atoms with Gasteiger partial charge in [0.25, 0.3) is 0 Å². The number of morpholine rings is 1. The summed E-state index contributed by atoms with van der Waals surface area (Å²) in [6.45, 7) is 2.63. The van der Waals surface area contributed by atoms with Crippen LogP contribution in [0.25, 0.3) is 11.5 Å². The molecule has 3 rings (SSSR count). The number of nitrogens with zero attached hydrogens (tertiary/aromatic N) is 3. The summed E-state index contributed by atoms with van der Waals surface area (Å²) in [6, 6.07) is 7.26. The SMILES string of the molecule is OCC1CN(Cc2nnc(-c3ccc(Cl)cc3)o2)CCO1. The number of hydrogen-bond acceptors (Lipinski definition) is 6. The van der Waals surface area contributed by atoms with Gasteiger partial charge in [-0.05, 0) is 24.3 Å². The lowest BCUT2D eigenvalue weighted by molar-refractivity contribution is -0.0568. The van der Waals surface area contributed by atoms with Crippen molar-refractivity contribution in [3.63, 3.8) is 0 Å². The van der Waals surface area contributed by atoms with E-state index in [1.54, 1.807) is 12.1 Å². The summed E-state index contributed by atoms with van der Waals surface area (Å²) in [4.78, 5) is 2.13. The predicted molar refractivity (Wildman–Crippen MR) is 76.8 cm³/mol. The number of benzene rings is 1. The van der Waals surface area contributed by atoms with Crippen molar-refractivity contribution < 1.29 is 14.3 Å². The molecule has 1 aromatic heterocycles. The summed E-state index contributed by atoms with van der Waals surface area (Å²) in [7, 11) is 0. The maximum absolute atomic E-state index is 9.14. The Labute approximate surface area is 127 Å². The monoisotopic (exact) mass is 309 g/mol. The molecule has 0 radical (unpaired) electrons. The van der Waals surface area contributed by atoms with Crippen molar-refractivity contribution in [2.75, 3.05) is 26.3 Å². The van der Waals surface area contributed by atoms with Crippen molar-refractivity contribution in [1.29, 1.82) is 0 Å². The van der Waals surface area contributed by atoms with Gasteiger partial charge in [-0.25, -0.2) is 0 Å². The third-order valence-electron chi connectivity index (χ3n) is 3.34. The lowest BCUT2D eigenvalue weighted by Crippen LogP contribution is -2.43. The number of rotatable bonds is 4. The molecule has 2 aromatic rings. The number of aliphatic hydroxyl groups excluding tert-OH is 1. The first kappa shape index (κ1) is 14.5. The molecule has 21 heavy (non-hydrogen) atoms. The second-order valence-electron chi connectivity index (χ2n) is 4.92. The van der Waals surface area contributed by atoms with Gasteiger partial charge < -0.3 is 14.3 Å². The lowest BCUT2D eigenvalue weighted by Gasteiger charge is -2.30. The Hall–Kier alpha value is -1.47. The van der Waals surface area contributed by atoms with Crippen LogP contribution in [0.1, 0.15) is 5.89 Å². The largest absolute Gasteiger partial charge is 0.419 e. The molecular formula is C14H16ClN3O3. The number of aromatic nitrogens is 2. The van der Waals surface area contributed by atoms with Crippen LogP contribution in [0, 0.1) is 0 Å². The van der Waals surface area contributed by atoms with Gasteiger partial charge in [-0.2, -0.15) is 0 Å². The average molecular weight is 310 g/mol. The third-order valence-corrected chi connectivity index (χ3v) is 3.60. The Morgan fingerprint density at radius 2 is 2.10 bits per heavy atom. The van der Waals surface area contributed by atoms with E-state index in [1.165, 1.54) is 0 Å². The van der Waals surface area contributed by atoms with Crippen LogP contribution < -0.4 is 0 Å². The molecule has 1 saturated heterocycles. The van der Waals surface area contributed by atoms with E-state index in [2.05, 4.69) is 15.1 Å². The Balaban J connectivity index is 1.66. The first-order chi connectivity index (χ1) is 10.2. The Bertz CT molecular complexity index is 587. The van der Waals surface area contributed by atoms with Gasteiger partial charge in [0.15, 0.2) is 0 Å². The summed E-state index contributed by atoms with van der Waals surface area (Å²) >= 11 is 5.85. The average Bonchev–Trinajstić information content (AvgIpc) is 2.96. The highest BCUT2D eigenvalue weighted by molar-refractivity contribution is 6.30. The fraction of sp³-hybridized carbons (Fsp3) is 0.429. The first-order valence-electron chi connectivity index (χ1n) is 6.78. The van der Waals surface area contributed by atoms with E-state index in [0.29, 0.717) is 36.5 Å². The molecule has 0 saturated carbocycles. The molecule has 0 amide bonds. The highest BCUT2D eigenvalue weighted by Crippen LogP contribution is 2.21. The molecule has 1 aliphatic heterocycles. The number of hydrogen-bond donors (Lipinski definition) is 1. The van der Waals surface area contributed by atoms with Crippen molar-refractivity contribution in [1.82, 2.24) is 15.1 Å². The maximum atomic E-state index is 9.14. The Kier molecular flexibility index (Phi) is 4.50. The van der Waals surface area contributed by atoms with Crippen LogP contribution in [0.2, 0.25) is 5.02 Å². The minimum Gasteiger partial charge on any atom is -0.419 e. The van der Waals surface area contributed by atoms with Crippen molar-refractivity contribution in [3.8, 4) is 11.5 Å². The second-order valence-corrected chi connectivity index (χ2v) is 5.35. The Morgan fingerprint density at radius 3 is 2.86 bits per heavy atom. The van der Waals surface area contributed by atoms with Gasteiger partial charge in [-0.3, -0.25) is 4.90 Å². The van der Waals surface area contributed by atoms with Crippen molar-refractivity contribution in [2.45, 2.75) is 12.6 Å². The van der Waals surface area contributed by atoms with E-state index < -0.39 is 0 Å².